The second-order valence-corrected chi connectivity index (χ2v) is 6.28. The summed E-state index contributed by atoms with van der Waals surface area (Å²) < 4.78 is 18.2. The van der Waals surface area contributed by atoms with Crippen molar-refractivity contribution in [1.82, 2.24) is 20.4 Å². The number of rotatable bonds is 6. The van der Waals surface area contributed by atoms with Gasteiger partial charge in [0.25, 0.3) is 5.89 Å². The van der Waals surface area contributed by atoms with Gasteiger partial charge in [0.15, 0.2) is 5.82 Å². The molecule has 2 heterocycles. The van der Waals surface area contributed by atoms with Crippen molar-refractivity contribution in [3.05, 3.63) is 51.9 Å². The highest BCUT2D eigenvalue weighted by molar-refractivity contribution is 7.10. The first-order chi connectivity index (χ1) is 11.1. The number of aromatic nitrogens is 3. The number of benzene rings is 1. The maximum atomic E-state index is 12.9. The lowest BCUT2D eigenvalue weighted by molar-refractivity contribution is 0.417. The third-order valence-corrected chi connectivity index (χ3v) is 4.34. The minimum absolute atomic E-state index is 0.234. The fourth-order valence-corrected chi connectivity index (χ4v) is 2.89. The Bertz CT molecular complexity index is 768. The molecule has 0 aliphatic rings. The molecule has 0 radical (unpaired) electrons. The van der Waals surface area contributed by atoms with Crippen LogP contribution in [0, 0.1) is 5.82 Å². The van der Waals surface area contributed by atoms with Crippen LogP contribution in [0.2, 0.25) is 0 Å². The fourth-order valence-electron chi connectivity index (χ4n) is 2.08. The maximum absolute atomic E-state index is 12.9. The molecule has 0 spiro atoms. The summed E-state index contributed by atoms with van der Waals surface area (Å²) in [7, 11) is 1.90. The molecule has 1 atom stereocenters. The van der Waals surface area contributed by atoms with E-state index in [9.17, 15) is 4.39 Å². The van der Waals surface area contributed by atoms with Crippen LogP contribution < -0.4 is 5.32 Å². The summed E-state index contributed by atoms with van der Waals surface area (Å²) in [6.07, 6.45) is 1.36. The van der Waals surface area contributed by atoms with E-state index in [-0.39, 0.29) is 11.9 Å². The molecular weight excluding hydrogens is 315 g/mol. The van der Waals surface area contributed by atoms with E-state index in [4.69, 9.17) is 4.52 Å². The van der Waals surface area contributed by atoms with Gasteiger partial charge < -0.3 is 9.84 Å². The molecule has 1 aromatic carbocycles. The summed E-state index contributed by atoms with van der Waals surface area (Å²) in [4.78, 5) is 8.90. The molecule has 2 aromatic heterocycles. The second kappa shape index (κ2) is 6.97. The second-order valence-electron chi connectivity index (χ2n) is 5.34. The van der Waals surface area contributed by atoms with Crippen molar-refractivity contribution in [3.8, 4) is 11.6 Å². The number of halogens is 1. The molecule has 1 unspecified atom stereocenters. The summed E-state index contributed by atoms with van der Waals surface area (Å²) in [6, 6.07) is 6.72. The Hall–Kier alpha value is -2.12. The zero-order chi connectivity index (χ0) is 16.2. The van der Waals surface area contributed by atoms with Gasteiger partial charge in [-0.1, -0.05) is 17.3 Å². The van der Waals surface area contributed by atoms with E-state index in [0.717, 1.165) is 10.6 Å². The van der Waals surface area contributed by atoms with Gasteiger partial charge in [-0.3, -0.25) is 0 Å². The maximum Gasteiger partial charge on any atom is 0.277 e. The molecule has 3 aromatic rings. The highest BCUT2D eigenvalue weighted by Crippen LogP contribution is 2.22. The van der Waals surface area contributed by atoms with Crippen molar-refractivity contribution >= 4 is 11.3 Å². The van der Waals surface area contributed by atoms with Crippen LogP contribution in [0.1, 0.15) is 23.3 Å². The van der Waals surface area contributed by atoms with Crippen molar-refractivity contribution < 1.29 is 8.91 Å². The van der Waals surface area contributed by atoms with Crippen LogP contribution >= 0.6 is 11.3 Å². The number of nitrogens with zero attached hydrogens (tertiary/aromatic N) is 3. The van der Waals surface area contributed by atoms with Crippen LogP contribution in [0.15, 0.2) is 34.2 Å². The minimum atomic E-state index is -0.234. The van der Waals surface area contributed by atoms with Gasteiger partial charge >= 0.3 is 0 Å². The van der Waals surface area contributed by atoms with Crippen LogP contribution in [0.5, 0.6) is 0 Å². The van der Waals surface area contributed by atoms with Crippen LogP contribution in [-0.2, 0) is 12.8 Å². The first kappa shape index (κ1) is 15.8. The number of likely N-dealkylation sites (N-methyl/N-ethyl adjacent to an activating group) is 1. The molecular formula is C16H17FN4OS. The molecule has 0 aliphatic heterocycles. The third-order valence-electron chi connectivity index (χ3n) is 3.49. The summed E-state index contributed by atoms with van der Waals surface area (Å²) in [5.74, 6) is 0.864. The smallest absolute Gasteiger partial charge is 0.277 e. The first-order valence-corrected chi connectivity index (χ1v) is 8.21. The lowest BCUT2D eigenvalue weighted by Gasteiger charge is -2.04. The highest BCUT2D eigenvalue weighted by atomic mass is 32.1. The lowest BCUT2D eigenvalue weighted by atomic mass is 10.1. The van der Waals surface area contributed by atoms with Gasteiger partial charge in [0.1, 0.15) is 11.5 Å². The predicted molar refractivity (Wildman–Crippen MR) is 86.8 cm³/mol. The highest BCUT2D eigenvalue weighted by Gasteiger charge is 2.14. The van der Waals surface area contributed by atoms with E-state index in [1.165, 1.54) is 23.5 Å². The van der Waals surface area contributed by atoms with Gasteiger partial charge in [-0.15, -0.1) is 11.3 Å². The quantitative estimate of drug-likeness (QED) is 0.751. The van der Waals surface area contributed by atoms with E-state index in [1.54, 1.807) is 12.1 Å². The zero-order valence-corrected chi connectivity index (χ0v) is 13.7. The standard InChI is InChI=1S/C16H17FN4OS/c1-10(18-2)7-14-20-16(22-21-14)13-9-23-15(19-13)8-11-3-5-12(17)6-4-11/h3-6,9-10,18H,7-8H2,1-2H3. The molecule has 1 N–H and O–H groups in total. The Morgan fingerprint density at radius 2 is 2.04 bits per heavy atom. The Balaban J connectivity index is 1.70. The molecule has 0 fully saturated rings. The summed E-state index contributed by atoms with van der Waals surface area (Å²) in [5, 5.41) is 9.94. The molecule has 0 saturated carbocycles. The topological polar surface area (TPSA) is 63.8 Å². The summed E-state index contributed by atoms with van der Waals surface area (Å²) in [5.41, 5.74) is 1.70. The van der Waals surface area contributed by atoms with Gasteiger partial charge in [0.2, 0.25) is 0 Å². The molecule has 3 rings (SSSR count). The Labute approximate surface area is 137 Å². The van der Waals surface area contributed by atoms with Crippen LogP contribution in [0.25, 0.3) is 11.6 Å². The van der Waals surface area contributed by atoms with E-state index in [2.05, 4.69) is 27.4 Å². The Morgan fingerprint density at radius 1 is 1.26 bits per heavy atom. The zero-order valence-electron chi connectivity index (χ0n) is 12.9. The molecule has 23 heavy (non-hydrogen) atoms. The van der Waals surface area contributed by atoms with Gasteiger partial charge in [-0.05, 0) is 31.7 Å². The Kier molecular flexibility index (Phi) is 4.78. The first-order valence-electron chi connectivity index (χ1n) is 7.33. The molecule has 0 amide bonds. The SMILES string of the molecule is CNC(C)Cc1noc(-c2csc(Cc3ccc(F)cc3)n2)n1. The largest absolute Gasteiger partial charge is 0.332 e. The molecule has 5 nitrogen and oxygen atoms in total. The van der Waals surface area contributed by atoms with E-state index in [1.807, 2.05) is 12.4 Å². The third kappa shape index (κ3) is 4.00. The van der Waals surface area contributed by atoms with Crippen molar-refractivity contribution in [1.29, 1.82) is 0 Å². The summed E-state index contributed by atoms with van der Waals surface area (Å²) in [6.45, 7) is 2.06. The lowest BCUT2D eigenvalue weighted by Crippen LogP contribution is -2.24. The van der Waals surface area contributed by atoms with Crippen LogP contribution in [0.3, 0.4) is 0 Å². The molecule has 120 valence electrons. The van der Waals surface area contributed by atoms with Crippen molar-refractivity contribution in [2.24, 2.45) is 0 Å². The van der Waals surface area contributed by atoms with Crippen molar-refractivity contribution in [2.45, 2.75) is 25.8 Å². The van der Waals surface area contributed by atoms with Crippen LogP contribution in [0.4, 0.5) is 4.39 Å². The van der Waals surface area contributed by atoms with Gasteiger partial charge in [-0.2, -0.15) is 4.98 Å². The number of hydrogen-bond donors (Lipinski definition) is 1. The molecule has 0 aliphatic carbocycles. The monoisotopic (exact) mass is 332 g/mol. The predicted octanol–water partition coefficient (Wildman–Crippen LogP) is 3.07. The van der Waals surface area contributed by atoms with Crippen molar-refractivity contribution in [2.75, 3.05) is 7.05 Å². The van der Waals surface area contributed by atoms with Crippen molar-refractivity contribution in [3.63, 3.8) is 0 Å². The average molecular weight is 332 g/mol. The molecule has 0 bridgehead atoms. The van der Waals surface area contributed by atoms with Gasteiger partial charge in [0, 0.05) is 24.3 Å². The molecule has 0 saturated heterocycles. The normalized spacial score (nSPS) is 12.5. The number of hydrogen-bond acceptors (Lipinski definition) is 6. The fraction of sp³-hybridized carbons (Fsp3) is 0.312. The van der Waals surface area contributed by atoms with E-state index < -0.39 is 0 Å². The molecule has 7 heteroatoms. The summed E-state index contributed by atoms with van der Waals surface area (Å²) >= 11 is 1.53. The number of nitrogens with one attached hydrogen (secondary N) is 1. The number of thiazole rings is 1. The van der Waals surface area contributed by atoms with E-state index in [0.29, 0.717) is 30.3 Å². The van der Waals surface area contributed by atoms with Crippen LogP contribution in [-0.4, -0.2) is 28.2 Å². The Morgan fingerprint density at radius 3 is 2.78 bits per heavy atom. The average Bonchev–Trinajstić information content (AvgIpc) is 3.19. The van der Waals surface area contributed by atoms with Gasteiger partial charge in [-0.25, -0.2) is 9.37 Å². The van der Waals surface area contributed by atoms with Gasteiger partial charge in [0.05, 0.1) is 5.01 Å². The minimum Gasteiger partial charge on any atom is -0.332 e. The van der Waals surface area contributed by atoms with E-state index >= 15 is 0 Å².